The number of carbonyl (C=O) groups excluding carboxylic acids is 2. The van der Waals surface area contributed by atoms with Gasteiger partial charge in [0.15, 0.2) is 5.60 Å². The Kier molecular flexibility index (Phi) is 7.86. The lowest BCUT2D eigenvalue weighted by molar-refractivity contribution is -0.168. The molecule has 1 amide bonds. The molecule has 0 atom stereocenters. The van der Waals surface area contributed by atoms with E-state index in [1.165, 1.54) is 12.1 Å². The van der Waals surface area contributed by atoms with Gasteiger partial charge in [0, 0.05) is 37.8 Å². The van der Waals surface area contributed by atoms with Gasteiger partial charge in [-0.25, -0.2) is 13.6 Å². The highest BCUT2D eigenvalue weighted by Crippen LogP contribution is 2.37. The molecule has 4 rings (SSSR count). The van der Waals surface area contributed by atoms with Gasteiger partial charge < -0.3 is 15.4 Å². The van der Waals surface area contributed by atoms with Crippen LogP contribution in [0.1, 0.15) is 57.8 Å². The van der Waals surface area contributed by atoms with Crippen LogP contribution in [-0.4, -0.2) is 55.1 Å². The highest BCUT2D eigenvalue weighted by molar-refractivity contribution is 5.93. The summed E-state index contributed by atoms with van der Waals surface area (Å²) in [5.41, 5.74) is 5.64. The van der Waals surface area contributed by atoms with Crippen LogP contribution in [0.5, 0.6) is 0 Å². The molecule has 0 bridgehead atoms. The molecule has 6 nitrogen and oxygen atoms in total. The lowest BCUT2D eigenvalue weighted by atomic mass is 9.77. The zero-order valence-corrected chi connectivity index (χ0v) is 19.7. The minimum atomic E-state index is -1.18. The zero-order chi connectivity index (χ0) is 24.1. The summed E-state index contributed by atoms with van der Waals surface area (Å²) in [6.07, 6.45) is 9.12. The molecule has 1 saturated heterocycles. The molecule has 34 heavy (non-hydrogen) atoms. The van der Waals surface area contributed by atoms with Gasteiger partial charge in [0.1, 0.15) is 11.6 Å². The van der Waals surface area contributed by atoms with E-state index in [2.05, 4.69) is 4.90 Å². The molecule has 2 N–H and O–H groups in total. The SMILES string of the molecule is NC(=O)C1(OC(=O)C2=CCCCC2)CCC(CCN2CCN(c3ccc(F)cc3F)CC2)CC1. The lowest BCUT2D eigenvalue weighted by Crippen LogP contribution is -2.50. The van der Waals surface area contributed by atoms with Crippen LogP contribution in [0.2, 0.25) is 0 Å². The third kappa shape index (κ3) is 5.77. The van der Waals surface area contributed by atoms with Crippen molar-refractivity contribution in [3.05, 3.63) is 41.5 Å². The van der Waals surface area contributed by atoms with Gasteiger partial charge in [0.25, 0.3) is 5.91 Å². The van der Waals surface area contributed by atoms with Crippen LogP contribution in [0, 0.1) is 17.6 Å². The number of piperazine rings is 1. The van der Waals surface area contributed by atoms with Gasteiger partial charge in [-0.2, -0.15) is 0 Å². The van der Waals surface area contributed by atoms with Gasteiger partial charge in [-0.15, -0.1) is 0 Å². The zero-order valence-electron chi connectivity index (χ0n) is 19.7. The van der Waals surface area contributed by atoms with Crippen molar-refractivity contribution in [2.75, 3.05) is 37.6 Å². The number of allylic oxidation sites excluding steroid dienone is 1. The number of primary amides is 1. The smallest absolute Gasteiger partial charge is 0.334 e. The quantitative estimate of drug-likeness (QED) is 0.605. The van der Waals surface area contributed by atoms with Crippen molar-refractivity contribution in [3.63, 3.8) is 0 Å². The standard InChI is InChI=1S/C26H35F2N3O3/c27-21-6-7-23(22(28)18-21)31-16-14-30(15-17-31)13-10-19-8-11-26(12-9-19,25(29)33)34-24(32)20-4-2-1-3-5-20/h4,6-7,18-19H,1-3,5,8-17H2,(H2,29,33). The Morgan fingerprint density at radius 3 is 2.44 bits per heavy atom. The molecule has 2 aliphatic carbocycles. The first-order valence-corrected chi connectivity index (χ1v) is 12.5. The number of nitrogens with zero attached hydrogens (tertiary/aromatic N) is 2. The fraction of sp³-hybridized carbons (Fsp3) is 0.615. The Morgan fingerprint density at radius 2 is 1.82 bits per heavy atom. The van der Waals surface area contributed by atoms with Crippen molar-refractivity contribution >= 4 is 17.6 Å². The predicted molar refractivity (Wildman–Crippen MR) is 126 cm³/mol. The number of hydrogen-bond acceptors (Lipinski definition) is 5. The van der Waals surface area contributed by atoms with Crippen molar-refractivity contribution in [3.8, 4) is 0 Å². The second-order valence-electron chi connectivity index (χ2n) is 9.88. The number of halogens is 2. The van der Waals surface area contributed by atoms with Crippen molar-refractivity contribution in [2.45, 2.75) is 63.4 Å². The second-order valence-corrected chi connectivity index (χ2v) is 9.88. The maximum Gasteiger partial charge on any atom is 0.334 e. The summed E-state index contributed by atoms with van der Waals surface area (Å²) < 4.78 is 33.0. The normalized spacial score (nSPS) is 26.1. The molecule has 0 spiro atoms. The molecule has 2 fully saturated rings. The van der Waals surface area contributed by atoms with Crippen molar-refractivity contribution in [1.29, 1.82) is 0 Å². The van der Waals surface area contributed by atoms with Gasteiger partial charge in [-0.3, -0.25) is 9.69 Å². The maximum atomic E-state index is 14.1. The molecule has 1 heterocycles. The largest absolute Gasteiger partial charge is 0.446 e. The molecule has 8 heteroatoms. The van der Waals surface area contributed by atoms with Crippen LogP contribution >= 0.6 is 0 Å². The van der Waals surface area contributed by atoms with Crippen LogP contribution < -0.4 is 10.6 Å². The van der Waals surface area contributed by atoms with Crippen LogP contribution in [0.25, 0.3) is 0 Å². The number of rotatable bonds is 7. The van der Waals surface area contributed by atoms with Gasteiger partial charge in [-0.1, -0.05) is 6.08 Å². The number of hydrogen-bond donors (Lipinski definition) is 1. The van der Waals surface area contributed by atoms with E-state index in [0.29, 0.717) is 49.5 Å². The molecular weight excluding hydrogens is 440 g/mol. The molecule has 1 aromatic carbocycles. The number of carbonyl (C=O) groups is 2. The Bertz CT molecular complexity index is 920. The molecule has 1 saturated carbocycles. The van der Waals surface area contributed by atoms with Crippen molar-refractivity contribution in [2.24, 2.45) is 11.7 Å². The van der Waals surface area contributed by atoms with Crippen LogP contribution in [0.4, 0.5) is 14.5 Å². The summed E-state index contributed by atoms with van der Waals surface area (Å²) in [5.74, 6) is -1.55. The van der Waals surface area contributed by atoms with Crippen molar-refractivity contribution in [1.82, 2.24) is 4.90 Å². The van der Waals surface area contributed by atoms with E-state index < -0.39 is 23.1 Å². The number of nitrogens with two attached hydrogens (primary N) is 1. The Morgan fingerprint density at radius 1 is 1.09 bits per heavy atom. The van der Waals surface area contributed by atoms with Gasteiger partial charge in [-0.05, 0) is 82.4 Å². The van der Waals surface area contributed by atoms with E-state index in [1.54, 1.807) is 0 Å². The van der Waals surface area contributed by atoms with Crippen LogP contribution in [0.15, 0.2) is 29.8 Å². The lowest BCUT2D eigenvalue weighted by Gasteiger charge is -2.39. The summed E-state index contributed by atoms with van der Waals surface area (Å²) in [6.45, 7) is 3.97. The molecule has 1 aliphatic heterocycles. The molecule has 0 radical (unpaired) electrons. The summed E-state index contributed by atoms with van der Waals surface area (Å²) in [6, 6.07) is 3.73. The molecule has 0 unspecified atom stereocenters. The highest BCUT2D eigenvalue weighted by Gasteiger charge is 2.44. The summed E-state index contributed by atoms with van der Waals surface area (Å²) in [7, 11) is 0. The summed E-state index contributed by atoms with van der Waals surface area (Å²) in [4.78, 5) is 29.2. The van der Waals surface area contributed by atoms with E-state index in [-0.39, 0.29) is 5.97 Å². The number of anilines is 1. The van der Waals surface area contributed by atoms with E-state index in [0.717, 1.165) is 64.2 Å². The third-order valence-corrected chi connectivity index (χ3v) is 7.68. The first kappa shape index (κ1) is 24.6. The van der Waals surface area contributed by atoms with Crippen LogP contribution in [-0.2, 0) is 14.3 Å². The number of ether oxygens (including phenoxy) is 1. The monoisotopic (exact) mass is 475 g/mol. The van der Waals surface area contributed by atoms with Gasteiger partial charge in [0.2, 0.25) is 0 Å². The Hall–Kier alpha value is -2.48. The number of esters is 1. The highest BCUT2D eigenvalue weighted by atomic mass is 19.1. The van der Waals surface area contributed by atoms with E-state index in [4.69, 9.17) is 10.5 Å². The Labute approximate surface area is 200 Å². The fourth-order valence-electron chi connectivity index (χ4n) is 5.41. The minimum absolute atomic E-state index is 0.382. The number of amides is 1. The molecule has 0 aromatic heterocycles. The first-order chi connectivity index (χ1) is 16.4. The van der Waals surface area contributed by atoms with E-state index in [9.17, 15) is 18.4 Å². The fourth-order valence-corrected chi connectivity index (χ4v) is 5.41. The van der Waals surface area contributed by atoms with Gasteiger partial charge in [0.05, 0.1) is 5.69 Å². The van der Waals surface area contributed by atoms with Gasteiger partial charge >= 0.3 is 5.97 Å². The maximum absolute atomic E-state index is 14.1. The van der Waals surface area contributed by atoms with Crippen LogP contribution in [0.3, 0.4) is 0 Å². The van der Waals surface area contributed by atoms with E-state index in [1.807, 2.05) is 11.0 Å². The first-order valence-electron chi connectivity index (χ1n) is 12.5. The number of benzene rings is 1. The topological polar surface area (TPSA) is 75.9 Å². The van der Waals surface area contributed by atoms with E-state index >= 15 is 0 Å². The predicted octanol–water partition coefficient (Wildman–Crippen LogP) is 3.93. The molecular formula is C26H35F2N3O3. The molecule has 186 valence electrons. The molecule has 1 aromatic rings. The average Bonchev–Trinajstić information content (AvgIpc) is 2.84. The minimum Gasteiger partial charge on any atom is -0.446 e. The summed E-state index contributed by atoms with van der Waals surface area (Å²) in [5, 5.41) is 0. The summed E-state index contributed by atoms with van der Waals surface area (Å²) >= 11 is 0. The molecule has 3 aliphatic rings. The third-order valence-electron chi connectivity index (χ3n) is 7.68. The van der Waals surface area contributed by atoms with Crippen molar-refractivity contribution < 1.29 is 23.1 Å². The average molecular weight is 476 g/mol. The second kappa shape index (κ2) is 10.8. The Balaban J connectivity index is 1.22.